The molecular weight excluding hydrogens is 398 g/mol. The van der Waals surface area contributed by atoms with E-state index in [0.29, 0.717) is 35.3 Å². The second kappa shape index (κ2) is 8.92. The number of hydrogen-bond donors (Lipinski definition) is 0. The number of anilines is 1. The molecule has 152 valence electrons. The number of carbonyl (C=O) groups is 1. The maximum absolute atomic E-state index is 13.6. The molecule has 0 aliphatic carbocycles. The number of methoxy groups -OCH3 is 1. The van der Waals surface area contributed by atoms with Crippen LogP contribution in [0, 0.1) is 0 Å². The molecule has 0 saturated heterocycles. The summed E-state index contributed by atoms with van der Waals surface area (Å²) in [5.41, 5.74) is 2.14. The van der Waals surface area contributed by atoms with Gasteiger partial charge in [0.1, 0.15) is 17.0 Å². The van der Waals surface area contributed by atoms with Gasteiger partial charge < -0.3 is 9.47 Å². The van der Waals surface area contributed by atoms with Crippen molar-refractivity contribution in [2.75, 3.05) is 18.6 Å². The molecule has 0 unspecified atom stereocenters. The molecular formula is C23H21N3O3S. The Morgan fingerprint density at radius 3 is 2.67 bits per heavy atom. The summed E-state index contributed by atoms with van der Waals surface area (Å²) >= 11 is 1.45. The number of para-hydroxylation sites is 2. The van der Waals surface area contributed by atoms with Gasteiger partial charge >= 0.3 is 0 Å². The Bertz CT molecular complexity index is 1160. The van der Waals surface area contributed by atoms with Crippen molar-refractivity contribution < 1.29 is 14.3 Å². The van der Waals surface area contributed by atoms with E-state index in [9.17, 15) is 4.79 Å². The van der Waals surface area contributed by atoms with Gasteiger partial charge in [-0.1, -0.05) is 35.6 Å². The molecule has 4 aromatic rings. The number of thiazole rings is 1. The summed E-state index contributed by atoms with van der Waals surface area (Å²) in [6.45, 7) is 2.83. The zero-order chi connectivity index (χ0) is 20.9. The Morgan fingerprint density at radius 2 is 1.90 bits per heavy atom. The Morgan fingerprint density at radius 1 is 1.07 bits per heavy atom. The van der Waals surface area contributed by atoms with Gasteiger partial charge in [0.15, 0.2) is 5.13 Å². The van der Waals surface area contributed by atoms with Crippen LogP contribution in [0.3, 0.4) is 0 Å². The average Bonchev–Trinajstić information content (AvgIpc) is 3.23. The number of benzene rings is 2. The smallest absolute Gasteiger partial charge is 0.264 e. The Labute approximate surface area is 178 Å². The van der Waals surface area contributed by atoms with Crippen LogP contribution in [0.25, 0.3) is 10.2 Å². The third-order valence-corrected chi connectivity index (χ3v) is 5.59. The first-order valence-electron chi connectivity index (χ1n) is 9.57. The molecule has 0 aliphatic heterocycles. The molecule has 6 nitrogen and oxygen atoms in total. The molecule has 0 bridgehead atoms. The molecule has 0 spiro atoms. The molecule has 7 heteroatoms. The Kier molecular flexibility index (Phi) is 5.90. The summed E-state index contributed by atoms with van der Waals surface area (Å²) < 4.78 is 12.1. The molecule has 4 rings (SSSR count). The first-order valence-corrected chi connectivity index (χ1v) is 10.4. The number of pyridine rings is 1. The minimum atomic E-state index is -0.187. The highest BCUT2D eigenvalue weighted by atomic mass is 32.1. The van der Waals surface area contributed by atoms with Crippen molar-refractivity contribution in [1.82, 2.24) is 9.97 Å². The summed E-state index contributed by atoms with van der Waals surface area (Å²) in [4.78, 5) is 24.2. The largest absolute Gasteiger partial charge is 0.496 e. The first-order chi connectivity index (χ1) is 14.7. The van der Waals surface area contributed by atoms with Crippen molar-refractivity contribution in [3.63, 3.8) is 0 Å². The van der Waals surface area contributed by atoms with E-state index in [4.69, 9.17) is 14.5 Å². The minimum Gasteiger partial charge on any atom is -0.496 e. The molecule has 0 saturated carbocycles. The van der Waals surface area contributed by atoms with E-state index in [-0.39, 0.29) is 5.91 Å². The van der Waals surface area contributed by atoms with Gasteiger partial charge in [-0.2, -0.15) is 0 Å². The Hall–Kier alpha value is -3.45. The van der Waals surface area contributed by atoms with Crippen LogP contribution < -0.4 is 14.4 Å². The number of fused-ring (bicyclic) bond motifs is 1. The molecule has 0 aliphatic rings. The summed E-state index contributed by atoms with van der Waals surface area (Å²) in [5, 5.41) is 0.594. The van der Waals surface area contributed by atoms with Crippen LogP contribution in [0.4, 0.5) is 5.13 Å². The fourth-order valence-electron chi connectivity index (χ4n) is 3.17. The highest BCUT2D eigenvalue weighted by molar-refractivity contribution is 7.22. The maximum Gasteiger partial charge on any atom is 0.264 e. The van der Waals surface area contributed by atoms with Crippen LogP contribution in [0.1, 0.15) is 22.8 Å². The predicted octanol–water partition coefficient (Wildman–Crippen LogP) is 4.95. The fourth-order valence-corrected chi connectivity index (χ4v) is 4.15. The number of rotatable bonds is 7. The van der Waals surface area contributed by atoms with Crippen LogP contribution in [0.5, 0.6) is 11.5 Å². The molecule has 2 aromatic heterocycles. The lowest BCUT2D eigenvalue weighted by molar-refractivity contribution is 0.0982. The van der Waals surface area contributed by atoms with Gasteiger partial charge in [-0.05, 0) is 42.8 Å². The van der Waals surface area contributed by atoms with E-state index in [0.717, 1.165) is 15.8 Å². The van der Waals surface area contributed by atoms with Gasteiger partial charge in [0.05, 0.1) is 30.5 Å². The van der Waals surface area contributed by atoms with Crippen molar-refractivity contribution in [3.05, 3.63) is 78.1 Å². The van der Waals surface area contributed by atoms with Crippen LogP contribution in [-0.2, 0) is 6.54 Å². The van der Waals surface area contributed by atoms with Crippen molar-refractivity contribution in [2.45, 2.75) is 13.5 Å². The predicted molar refractivity (Wildman–Crippen MR) is 119 cm³/mol. The number of carbonyl (C=O) groups excluding carboxylic acids is 1. The second-order valence-electron chi connectivity index (χ2n) is 6.49. The van der Waals surface area contributed by atoms with Crippen molar-refractivity contribution in [1.29, 1.82) is 0 Å². The van der Waals surface area contributed by atoms with Gasteiger partial charge in [-0.3, -0.25) is 14.7 Å². The van der Waals surface area contributed by atoms with Gasteiger partial charge in [0, 0.05) is 12.4 Å². The Balaban J connectivity index is 1.80. The van der Waals surface area contributed by atoms with Crippen molar-refractivity contribution >= 4 is 32.6 Å². The van der Waals surface area contributed by atoms with E-state index in [1.54, 1.807) is 36.5 Å². The number of nitrogens with zero attached hydrogens (tertiary/aromatic N) is 3. The van der Waals surface area contributed by atoms with Crippen LogP contribution in [0.15, 0.2) is 67.0 Å². The van der Waals surface area contributed by atoms with Crippen molar-refractivity contribution in [3.8, 4) is 11.5 Å². The average molecular weight is 420 g/mol. The van der Waals surface area contributed by atoms with Crippen molar-refractivity contribution in [2.24, 2.45) is 0 Å². The topological polar surface area (TPSA) is 64.5 Å². The van der Waals surface area contributed by atoms with Gasteiger partial charge in [0.2, 0.25) is 0 Å². The van der Waals surface area contributed by atoms with E-state index in [1.807, 2.05) is 49.4 Å². The summed E-state index contributed by atoms with van der Waals surface area (Å²) in [6.07, 6.45) is 3.46. The number of amides is 1. The van der Waals surface area contributed by atoms with Crippen LogP contribution >= 0.6 is 11.3 Å². The third-order valence-electron chi connectivity index (χ3n) is 4.55. The SMILES string of the molecule is CCOc1cccc2sc(N(Cc3cccnc3)C(=O)c3ccccc3OC)nc12. The van der Waals surface area contributed by atoms with Crippen LogP contribution in [-0.4, -0.2) is 29.6 Å². The molecule has 1 amide bonds. The highest BCUT2D eigenvalue weighted by Gasteiger charge is 2.25. The lowest BCUT2D eigenvalue weighted by Gasteiger charge is -2.21. The summed E-state index contributed by atoms with van der Waals surface area (Å²) in [5.74, 6) is 1.05. The van der Waals surface area contributed by atoms with Crippen LogP contribution in [0.2, 0.25) is 0 Å². The normalized spacial score (nSPS) is 10.7. The molecule has 0 radical (unpaired) electrons. The monoisotopic (exact) mass is 419 g/mol. The molecule has 30 heavy (non-hydrogen) atoms. The summed E-state index contributed by atoms with van der Waals surface area (Å²) in [6, 6.07) is 16.8. The molecule has 0 N–H and O–H groups in total. The quantitative estimate of drug-likeness (QED) is 0.424. The van der Waals surface area contributed by atoms with E-state index >= 15 is 0 Å². The van der Waals surface area contributed by atoms with Gasteiger partial charge in [0.25, 0.3) is 5.91 Å². The third kappa shape index (κ3) is 3.97. The number of ether oxygens (including phenoxy) is 2. The van der Waals surface area contributed by atoms with Gasteiger partial charge in [-0.25, -0.2) is 4.98 Å². The number of aromatic nitrogens is 2. The summed E-state index contributed by atoms with van der Waals surface area (Å²) in [7, 11) is 1.56. The standard InChI is InChI=1S/C23H21N3O3S/c1-3-29-19-11-6-12-20-21(19)25-23(30-20)26(15-16-8-7-13-24-14-16)22(27)17-9-4-5-10-18(17)28-2/h4-14H,3,15H2,1-2H3. The number of hydrogen-bond acceptors (Lipinski definition) is 6. The fraction of sp³-hybridized carbons (Fsp3) is 0.174. The highest BCUT2D eigenvalue weighted by Crippen LogP contribution is 2.36. The first kappa shape index (κ1) is 19.8. The minimum absolute atomic E-state index is 0.187. The molecule has 2 heterocycles. The lowest BCUT2D eigenvalue weighted by atomic mass is 10.1. The molecule has 0 fully saturated rings. The van der Waals surface area contributed by atoms with E-state index < -0.39 is 0 Å². The van der Waals surface area contributed by atoms with E-state index in [1.165, 1.54) is 11.3 Å². The zero-order valence-electron chi connectivity index (χ0n) is 16.7. The maximum atomic E-state index is 13.6. The zero-order valence-corrected chi connectivity index (χ0v) is 17.6. The molecule has 2 aromatic carbocycles. The lowest BCUT2D eigenvalue weighted by Crippen LogP contribution is -2.30. The van der Waals surface area contributed by atoms with E-state index in [2.05, 4.69) is 4.98 Å². The second-order valence-corrected chi connectivity index (χ2v) is 7.49. The van der Waals surface area contributed by atoms with Gasteiger partial charge in [-0.15, -0.1) is 0 Å². The molecule has 0 atom stereocenters.